The third-order valence-corrected chi connectivity index (χ3v) is 3.14. The first-order valence-electron chi connectivity index (χ1n) is 6.45. The molecule has 0 radical (unpaired) electrons. The number of nitrogens with zero attached hydrogens (tertiary/aromatic N) is 1. The molecule has 0 unspecified atom stereocenters. The first-order chi connectivity index (χ1) is 7.96. The zero-order valence-corrected chi connectivity index (χ0v) is 11.7. The molecule has 0 aliphatic rings. The summed E-state index contributed by atoms with van der Waals surface area (Å²) >= 11 is 0. The maximum Gasteiger partial charge on any atom is 0.0233 e. The molecule has 1 aromatic rings. The molecule has 0 fully saturated rings. The van der Waals surface area contributed by atoms with E-state index in [0.29, 0.717) is 0 Å². The fourth-order valence-corrected chi connectivity index (χ4v) is 2.02. The highest BCUT2D eigenvalue weighted by Crippen LogP contribution is 2.17. The van der Waals surface area contributed by atoms with Gasteiger partial charge in [-0.3, -0.25) is 4.90 Å². The molecule has 2 heteroatoms. The lowest BCUT2D eigenvalue weighted by molar-refractivity contribution is 0.183. The number of benzene rings is 1. The Kier molecular flexibility index (Phi) is 5.16. The molecule has 0 saturated carbocycles. The van der Waals surface area contributed by atoms with Crippen LogP contribution in [0.1, 0.15) is 31.9 Å². The summed E-state index contributed by atoms with van der Waals surface area (Å²) in [6.07, 6.45) is 0. The van der Waals surface area contributed by atoms with Gasteiger partial charge < -0.3 is 5.73 Å². The minimum atomic E-state index is 0.194. The van der Waals surface area contributed by atoms with E-state index in [0.717, 1.165) is 26.2 Å². The normalized spacial score (nSPS) is 12.1. The van der Waals surface area contributed by atoms with Crippen LogP contribution >= 0.6 is 0 Å². The minimum absolute atomic E-state index is 0.194. The molecular formula is C15H26N2. The summed E-state index contributed by atoms with van der Waals surface area (Å²) < 4.78 is 0. The van der Waals surface area contributed by atoms with Crippen LogP contribution in [0.25, 0.3) is 0 Å². The minimum Gasteiger partial charge on any atom is -0.330 e. The van der Waals surface area contributed by atoms with E-state index >= 15 is 0 Å². The monoisotopic (exact) mass is 234 g/mol. The third kappa shape index (κ3) is 4.88. The van der Waals surface area contributed by atoms with Crippen LogP contribution in [0.4, 0.5) is 0 Å². The number of hydrogen-bond donors (Lipinski definition) is 1. The van der Waals surface area contributed by atoms with Gasteiger partial charge in [-0.15, -0.1) is 0 Å². The highest BCUT2D eigenvalue weighted by atomic mass is 15.1. The number of aryl methyl sites for hydroxylation is 1. The van der Waals surface area contributed by atoms with Crippen molar-refractivity contribution >= 4 is 0 Å². The van der Waals surface area contributed by atoms with E-state index in [1.807, 2.05) is 0 Å². The first kappa shape index (κ1) is 14.2. The van der Waals surface area contributed by atoms with Crippen molar-refractivity contribution in [2.75, 3.05) is 19.6 Å². The summed E-state index contributed by atoms with van der Waals surface area (Å²) in [6, 6.07) is 8.74. The molecule has 0 spiro atoms. The molecule has 0 amide bonds. The molecule has 0 bridgehead atoms. The van der Waals surface area contributed by atoms with E-state index in [4.69, 9.17) is 5.73 Å². The van der Waals surface area contributed by atoms with Crippen LogP contribution in [0.3, 0.4) is 0 Å². The molecule has 1 aromatic carbocycles. The van der Waals surface area contributed by atoms with Gasteiger partial charge in [-0.05, 0) is 31.0 Å². The Morgan fingerprint density at radius 3 is 2.53 bits per heavy atom. The van der Waals surface area contributed by atoms with Crippen LogP contribution in [0.5, 0.6) is 0 Å². The molecule has 0 aromatic heterocycles. The average Bonchev–Trinajstić information content (AvgIpc) is 2.28. The van der Waals surface area contributed by atoms with Gasteiger partial charge in [0.05, 0.1) is 0 Å². The highest BCUT2D eigenvalue weighted by Gasteiger charge is 2.19. The summed E-state index contributed by atoms with van der Waals surface area (Å²) in [5.41, 5.74) is 8.71. The number of nitrogens with two attached hydrogens (primary N) is 1. The van der Waals surface area contributed by atoms with Crippen LogP contribution in [0.2, 0.25) is 0 Å². The van der Waals surface area contributed by atoms with Crippen molar-refractivity contribution in [1.82, 2.24) is 4.90 Å². The van der Waals surface area contributed by atoms with Gasteiger partial charge in [0.15, 0.2) is 0 Å². The molecule has 0 aliphatic carbocycles. The quantitative estimate of drug-likeness (QED) is 0.820. The van der Waals surface area contributed by atoms with Crippen molar-refractivity contribution in [3.05, 3.63) is 35.4 Å². The predicted molar refractivity (Wildman–Crippen MR) is 75.0 cm³/mol. The molecule has 1 rings (SSSR count). The standard InChI is InChI=1S/C15H26N2/c1-5-17(12-15(3,4)11-16)10-14-8-6-7-13(2)9-14/h6-9H,5,10-12,16H2,1-4H3. The Morgan fingerprint density at radius 1 is 1.29 bits per heavy atom. The lowest BCUT2D eigenvalue weighted by atomic mass is 9.93. The van der Waals surface area contributed by atoms with Crippen LogP contribution in [-0.2, 0) is 6.54 Å². The van der Waals surface area contributed by atoms with Crippen molar-refractivity contribution < 1.29 is 0 Å². The SMILES string of the molecule is CCN(Cc1cccc(C)c1)CC(C)(C)CN. The summed E-state index contributed by atoms with van der Waals surface area (Å²) in [6.45, 7) is 12.7. The van der Waals surface area contributed by atoms with Crippen LogP contribution in [-0.4, -0.2) is 24.5 Å². The van der Waals surface area contributed by atoms with Gasteiger partial charge >= 0.3 is 0 Å². The summed E-state index contributed by atoms with van der Waals surface area (Å²) in [5.74, 6) is 0. The fourth-order valence-electron chi connectivity index (χ4n) is 2.02. The van der Waals surface area contributed by atoms with Gasteiger partial charge in [0, 0.05) is 13.1 Å². The van der Waals surface area contributed by atoms with E-state index in [9.17, 15) is 0 Å². The molecule has 0 atom stereocenters. The van der Waals surface area contributed by atoms with Gasteiger partial charge in [-0.1, -0.05) is 50.6 Å². The Bertz CT molecular complexity index is 345. The summed E-state index contributed by atoms with van der Waals surface area (Å²) in [5, 5.41) is 0. The molecule has 2 N–H and O–H groups in total. The first-order valence-corrected chi connectivity index (χ1v) is 6.45. The van der Waals surface area contributed by atoms with E-state index in [1.54, 1.807) is 0 Å². The van der Waals surface area contributed by atoms with Crippen LogP contribution < -0.4 is 5.73 Å². The second kappa shape index (κ2) is 6.18. The maximum atomic E-state index is 5.80. The molecular weight excluding hydrogens is 208 g/mol. The van der Waals surface area contributed by atoms with E-state index in [2.05, 4.69) is 56.9 Å². The average molecular weight is 234 g/mol. The van der Waals surface area contributed by atoms with Crippen molar-refractivity contribution in [2.45, 2.75) is 34.2 Å². The third-order valence-electron chi connectivity index (χ3n) is 3.14. The highest BCUT2D eigenvalue weighted by molar-refractivity contribution is 5.22. The van der Waals surface area contributed by atoms with Gasteiger partial charge in [0.2, 0.25) is 0 Å². The molecule has 2 nitrogen and oxygen atoms in total. The van der Waals surface area contributed by atoms with Crippen molar-refractivity contribution in [3.8, 4) is 0 Å². The topological polar surface area (TPSA) is 29.3 Å². The van der Waals surface area contributed by atoms with Gasteiger partial charge in [0.1, 0.15) is 0 Å². The Hall–Kier alpha value is -0.860. The van der Waals surface area contributed by atoms with E-state index in [1.165, 1.54) is 11.1 Å². The van der Waals surface area contributed by atoms with E-state index in [-0.39, 0.29) is 5.41 Å². The molecule has 0 saturated heterocycles. The zero-order chi connectivity index (χ0) is 12.9. The Morgan fingerprint density at radius 2 is 2.00 bits per heavy atom. The smallest absolute Gasteiger partial charge is 0.0233 e. The molecule has 17 heavy (non-hydrogen) atoms. The largest absolute Gasteiger partial charge is 0.330 e. The Balaban J connectivity index is 2.64. The van der Waals surface area contributed by atoms with Gasteiger partial charge in [0.25, 0.3) is 0 Å². The van der Waals surface area contributed by atoms with Gasteiger partial charge in [-0.25, -0.2) is 0 Å². The van der Waals surface area contributed by atoms with Gasteiger partial charge in [-0.2, -0.15) is 0 Å². The van der Waals surface area contributed by atoms with Crippen LogP contribution in [0.15, 0.2) is 24.3 Å². The summed E-state index contributed by atoms with van der Waals surface area (Å²) in [7, 11) is 0. The fraction of sp³-hybridized carbons (Fsp3) is 0.600. The number of rotatable bonds is 6. The van der Waals surface area contributed by atoms with Crippen molar-refractivity contribution in [3.63, 3.8) is 0 Å². The lowest BCUT2D eigenvalue weighted by Gasteiger charge is -2.31. The molecule has 96 valence electrons. The lowest BCUT2D eigenvalue weighted by Crippen LogP contribution is -2.38. The second-order valence-corrected chi connectivity index (χ2v) is 5.66. The summed E-state index contributed by atoms with van der Waals surface area (Å²) in [4.78, 5) is 2.46. The molecule has 0 aliphatic heterocycles. The predicted octanol–water partition coefficient (Wildman–Crippen LogP) is 2.80. The zero-order valence-electron chi connectivity index (χ0n) is 11.7. The molecule has 0 heterocycles. The van der Waals surface area contributed by atoms with Crippen molar-refractivity contribution in [1.29, 1.82) is 0 Å². The number of hydrogen-bond acceptors (Lipinski definition) is 2. The Labute approximate surface area is 106 Å². The second-order valence-electron chi connectivity index (χ2n) is 5.66. The maximum absolute atomic E-state index is 5.80. The van der Waals surface area contributed by atoms with Crippen LogP contribution in [0, 0.1) is 12.3 Å². The van der Waals surface area contributed by atoms with E-state index < -0.39 is 0 Å². The van der Waals surface area contributed by atoms with Crippen molar-refractivity contribution in [2.24, 2.45) is 11.1 Å².